The molecule has 2 aromatic carbocycles. The van der Waals surface area contributed by atoms with Crippen LogP contribution in [0.5, 0.6) is 0 Å². The first-order chi connectivity index (χ1) is 11.3. The van der Waals surface area contributed by atoms with Crippen molar-refractivity contribution in [1.29, 1.82) is 0 Å². The van der Waals surface area contributed by atoms with Gasteiger partial charge in [0.1, 0.15) is 5.82 Å². The monoisotopic (exact) mass is 348 g/mol. The summed E-state index contributed by atoms with van der Waals surface area (Å²) in [6, 6.07) is 10.6. The van der Waals surface area contributed by atoms with Crippen LogP contribution in [0.25, 0.3) is 0 Å². The Kier molecular flexibility index (Phi) is 4.04. The second kappa shape index (κ2) is 5.90. The van der Waals surface area contributed by atoms with E-state index < -0.39 is 21.7 Å². The summed E-state index contributed by atoms with van der Waals surface area (Å²) in [7, 11) is -3.37. The molecule has 1 aliphatic rings. The molecule has 1 amide bonds. The number of sulfonamides is 1. The standard InChI is InChI=1S/C17H17FN2O3S/c1-11-9-13-10-12(7-8-16(13)20(11)24(2,22)23)17(21)19-15-6-4-3-5-14(15)18/h3-8,10-11H,9H2,1-2H3,(H,19,21)/t11-/m1/s1. The summed E-state index contributed by atoms with van der Waals surface area (Å²) in [5.74, 6) is -0.947. The molecule has 0 radical (unpaired) electrons. The normalized spacial score (nSPS) is 16.8. The minimum absolute atomic E-state index is 0.106. The highest BCUT2D eigenvalue weighted by Gasteiger charge is 2.32. The highest BCUT2D eigenvalue weighted by Crippen LogP contribution is 2.34. The molecule has 2 aromatic rings. The van der Waals surface area contributed by atoms with E-state index in [9.17, 15) is 17.6 Å². The van der Waals surface area contributed by atoms with Gasteiger partial charge >= 0.3 is 0 Å². The number of hydrogen-bond donors (Lipinski definition) is 1. The number of anilines is 2. The van der Waals surface area contributed by atoms with Gasteiger partial charge < -0.3 is 5.32 Å². The Hall–Kier alpha value is -2.41. The summed E-state index contributed by atoms with van der Waals surface area (Å²) in [6.45, 7) is 1.82. The molecule has 0 fully saturated rings. The van der Waals surface area contributed by atoms with Crippen LogP contribution in [-0.2, 0) is 16.4 Å². The van der Waals surface area contributed by atoms with Crippen molar-refractivity contribution in [2.24, 2.45) is 0 Å². The van der Waals surface area contributed by atoms with Crippen molar-refractivity contribution < 1.29 is 17.6 Å². The maximum absolute atomic E-state index is 13.6. The van der Waals surface area contributed by atoms with Crippen molar-refractivity contribution in [3.8, 4) is 0 Å². The molecule has 0 unspecified atom stereocenters. The third-order valence-corrected chi connectivity index (χ3v) is 5.25. The van der Waals surface area contributed by atoms with Crippen LogP contribution in [0.1, 0.15) is 22.8 Å². The zero-order valence-electron chi connectivity index (χ0n) is 13.3. The zero-order chi connectivity index (χ0) is 17.5. The van der Waals surface area contributed by atoms with Crippen LogP contribution >= 0.6 is 0 Å². The van der Waals surface area contributed by atoms with Crippen LogP contribution in [0.4, 0.5) is 15.8 Å². The molecule has 24 heavy (non-hydrogen) atoms. The van der Waals surface area contributed by atoms with E-state index in [-0.39, 0.29) is 11.7 Å². The molecule has 5 nitrogen and oxygen atoms in total. The molecule has 1 atom stereocenters. The predicted octanol–water partition coefficient (Wildman–Crippen LogP) is 2.79. The van der Waals surface area contributed by atoms with E-state index in [2.05, 4.69) is 5.32 Å². The summed E-state index contributed by atoms with van der Waals surface area (Å²) in [6.07, 6.45) is 1.70. The number of rotatable bonds is 3. The van der Waals surface area contributed by atoms with Crippen molar-refractivity contribution >= 4 is 27.3 Å². The molecule has 1 N–H and O–H groups in total. The van der Waals surface area contributed by atoms with E-state index in [0.717, 1.165) is 11.8 Å². The van der Waals surface area contributed by atoms with Crippen LogP contribution < -0.4 is 9.62 Å². The molecule has 7 heteroatoms. The maximum Gasteiger partial charge on any atom is 0.255 e. The average molecular weight is 348 g/mol. The van der Waals surface area contributed by atoms with Gasteiger partial charge in [0.25, 0.3) is 5.91 Å². The molecule has 126 valence electrons. The number of fused-ring (bicyclic) bond motifs is 1. The molecular formula is C17H17FN2O3S. The van der Waals surface area contributed by atoms with Gasteiger partial charge in [0.15, 0.2) is 0 Å². The third-order valence-electron chi connectivity index (χ3n) is 3.97. The number of nitrogens with zero attached hydrogens (tertiary/aromatic N) is 1. The Labute approximate surface area is 140 Å². The lowest BCUT2D eigenvalue weighted by Gasteiger charge is -2.21. The number of hydrogen-bond acceptors (Lipinski definition) is 3. The summed E-state index contributed by atoms with van der Waals surface area (Å²) < 4.78 is 38.8. The molecule has 0 spiro atoms. The minimum Gasteiger partial charge on any atom is -0.319 e. The second-order valence-corrected chi connectivity index (χ2v) is 7.75. The summed E-state index contributed by atoms with van der Waals surface area (Å²) in [5.41, 5.74) is 1.84. The van der Waals surface area contributed by atoms with Crippen molar-refractivity contribution in [3.63, 3.8) is 0 Å². The lowest BCUT2D eigenvalue weighted by Crippen LogP contribution is -2.34. The van der Waals surface area contributed by atoms with Crippen molar-refractivity contribution in [1.82, 2.24) is 0 Å². The Morgan fingerprint density at radius 3 is 2.62 bits per heavy atom. The first-order valence-electron chi connectivity index (χ1n) is 7.45. The van der Waals surface area contributed by atoms with Crippen molar-refractivity contribution in [3.05, 3.63) is 59.4 Å². The first-order valence-corrected chi connectivity index (χ1v) is 9.30. The van der Waals surface area contributed by atoms with Gasteiger partial charge in [0, 0.05) is 11.6 Å². The number of amides is 1. The quantitative estimate of drug-likeness (QED) is 0.927. The molecular weight excluding hydrogens is 331 g/mol. The summed E-state index contributed by atoms with van der Waals surface area (Å²) in [4.78, 5) is 12.3. The minimum atomic E-state index is -3.37. The van der Waals surface area contributed by atoms with E-state index in [1.54, 1.807) is 30.3 Å². The SMILES string of the molecule is C[C@@H]1Cc2cc(C(=O)Nc3ccccc3F)ccc2N1S(C)(=O)=O. The predicted molar refractivity (Wildman–Crippen MR) is 91.3 cm³/mol. The molecule has 0 aromatic heterocycles. The van der Waals surface area contributed by atoms with Crippen LogP contribution in [0, 0.1) is 5.82 Å². The highest BCUT2D eigenvalue weighted by atomic mass is 32.2. The summed E-state index contributed by atoms with van der Waals surface area (Å²) in [5, 5.41) is 2.52. The highest BCUT2D eigenvalue weighted by molar-refractivity contribution is 7.92. The van der Waals surface area contributed by atoms with Crippen molar-refractivity contribution in [2.75, 3.05) is 15.9 Å². The maximum atomic E-state index is 13.6. The molecule has 1 aliphatic heterocycles. The second-order valence-electron chi connectivity index (χ2n) is 5.89. The van der Waals surface area contributed by atoms with Crippen LogP contribution in [0.15, 0.2) is 42.5 Å². The molecule has 3 rings (SSSR count). The lowest BCUT2D eigenvalue weighted by atomic mass is 10.1. The Morgan fingerprint density at radius 1 is 1.25 bits per heavy atom. The fourth-order valence-corrected chi connectivity index (χ4v) is 4.27. The fraction of sp³-hybridized carbons (Fsp3) is 0.235. The summed E-state index contributed by atoms with van der Waals surface area (Å²) >= 11 is 0. The van der Waals surface area contributed by atoms with Crippen molar-refractivity contribution in [2.45, 2.75) is 19.4 Å². The fourth-order valence-electron chi connectivity index (χ4n) is 3.01. The molecule has 0 aliphatic carbocycles. The number of carbonyl (C=O) groups excluding carboxylic acids is 1. The van der Waals surface area contributed by atoms with Gasteiger partial charge in [-0.25, -0.2) is 12.8 Å². The third kappa shape index (κ3) is 2.99. The van der Waals surface area contributed by atoms with Gasteiger partial charge in [0.2, 0.25) is 10.0 Å². The van der Waals surface area contributed by atoms with E-state index in [4.69, 9.17) is 0 Å². The van der Waals surface area contributed by atoms with Crippen LogP contribution in [0.3, 0.4) is 0 Å². The smallest absolute Gasteiger partial charge is 0.255 e. The number of nitrogens with one attached hydrogen (secondary N) is 1. The van der Waals surface area contributed by atoms with Gasteiger partial charge in [-0.3, -0.25) is 9.10 Å². The number of halogens is 1. The van der Waals surface area contributed by atoms with Crippen LogP contribution in [0.2, 0.25) is 0 Å². The zero-order valence-corrected chi connectivity index (χ0v) is 14.1. The number of benzene rings is 2. The van der Waals surface area contributed by atoms with Gasteiger partial charge in [0.05, 0.1) is 17.6 Å². The van der Waals surface area contributed by atoms with Gasteiger partial charge in [-0.15, -0.1) is 0 Å². The Balaban J connectivity index is 1.89. The van der Waals surface area contributed by atoms with E-state index >= 15 is 0 Å². The van der Waals surface area contributed by atoms with Gasteiger partial charge in [-0.05, 0) is 49.2 Å². The lowest BCUT2D eigenvalue weighted by molar-refractivity contribution is 0.102. The molecule has 1 heterocycles. The van der Waals surface area contributed by atoms with E-state index in [1.165, 1.54) is 16.4 Å². The number of para-hydroxylation sites is 1. The molecule has 0 saturated heterocycles. The van der Waals surface area contributed by atoms with Crippen LogP contribution in [-0.4, -0.2) is 26.6 Å². The van der Waals surface area contributed by atoms with E-state index in [0.29, 0.717) is 17.7 Å². The van der Waals surface area contributed by atoms with Gasteiger partial charge in [-0.1, -0.05) is 12.1 Å². The largest absolute Gasteiger partial charge is 0.319 e. The topological polar surface area (TPSA) is 66.5 Å². The van der Waals surface area contributed by atoms with Gasteiger partial charge in [-0.2, -0.15) is 0 Å². The van der Waals surface area contributed by atoms with E-state index in [1.807, 2.05) is 6.92 Å². The Bertz CT molecular complexity index is 912. The molecule has 0 bridgehead atoms. The Morgan fingerprint density at radius 2 is 1.96 bits per heavy atom. The first kappa shape index (κ1) is 16.4. The average Bonchev–Trinajstić information content (AvgIpc) is 2.84. The number of carbonyl (C=O) groups is 1. The molecule has 0 saturated carbocycles.